The second-order valence-electron chi connectivity index (χ2n) is 4.07. The molecule has 0 aliphatic heterocycles. The normalized spacial score (nSPS) is 11.9. The van der Waals surface area contributed by atoms with E-state index >= 15 is 0 Å². The third kappa shape index (κ3) is 3.19. The maximum absolute atomic E-state index is 12.0. The average Bonchev–Trinajstić information content (AvgIpc) is 2.99. The van der Waals surface area contributed by atoms with Crippen LogP contribution in [0.15, 0.2) is 23.5 Å². The molecule has 0 fully saturated rings. The van der Waals surface area contributed by atoms with Gasteiger partial charge in [-0.1, -0.05) is 0 Å². The van der Waals surface area contributed by atoms with Crippen LogP contribution in [-0.2, 0) is 30.0 Å². The molecule has 0 aliphatic rings. The van der Waals surface area contributed by atoms with E-state index in [0.717, 1.165) is 5.82 Å². The Morgan fingerprint density at radius 1 is 1.53 bits per heavy atom. The Balaban J connectivity index is 1.96. The van der Waals surface area contributed by atoms with Crippen LogP contribution >= 0.6 is 0 Å². The predicted octanol–water partition coefficient (Wildman–Crippen LogP) is -0.877. The third-order valence-electron chi connectivity index (χ3n) is 2.69. The minimum absolute atomic E-state index is 0.186. The van der Waals surface area contributed by atoms with Gasteiger partial charge in [0.25, 0.3) is 0 Å². The molecule has 0 unspecified atom stereocenters. The van der Waals surface area contributed by atoms with Crippen LogP contribution < -0.4 is 10.5 Å². The van der Waals surface area contributed by atoms with Crippen LogP contribution in [-0.4, -0.2) is 34.7 Å². The molecule has 0 spiro atoms. The highest BCUT2D eigenvalue weighted by molar-refractivity contribution is 7.89. The van der Waals surface area contributed by atoms with Gasteiger partial charge in [-0.05, 0) is 6.07 Å². The van der Waals surface area contributed by atoms with Crippen LogP contribution in [0.3, 0.4) is 0 Å². The van der Waals surface area contributed by atoms with Crippen LogP contribution in [0.1, 0.15) is 11.5 Å². The van der Waals surface area contributed by atoms with Crippen molar-refractivity contribution in [2.75, 3.05) is 6.54 Å². The summed E-state index contributed by atoms with van der Waals surface area (Å²) in [5, 5.41) is 7.61. The fourth-order valence-corrected chi connectivity index (χ4v) is 2.65. The molecule has 0 amide bonds. The Kier molecular flexibility index (Phi) is 3.98. The van der Waals surface area contributed by atoms with E-state index in [9.17, 15) is 8.42 Å². The number of aromatic amines is 1. The number of nitrogens with zero attached hydrogens (tertiary/aromatic N) is 3. The van der Waals surface area contributed by atoms with E-state index in [1.165, 1.54) is 12.3 Å². The van der Waals surface area contributed by atoms with Gasteiger partial charge in [-0.3, -0.25) is 0 Å². The fraction of sp³-hybridized carbons (Fsp3) is 0.400. The number of sulfonamides is 1. The van der Waals surface area contributed by atoms with Gasteiger partial charge in [0.05, 0.1) is 4.90 Å². The summed E-state index contributed by atoms with van der Waals surface area (Å²) >= 11 is 0. The number of rotatable bonds is 6. The van der Waals surface area contributed by atoms with Gasteiger partial charge in [0.2, 0.25) is 10.0 Å². The van der Waals surface area contributed by atoms with Gasteiger partial charge < -0.3 is 15.3 Å². The Labute approximate surface area is 111 Å². The Morgan fingerprint density at radius 3 is 2.89 bits per heavy atom. The summed E-state index contributed by atoms with van der Waals surface area (Å²) in [7, 11) is -1.70. The van der Waals surface area contributed by atoms with Crippen molar-refractivity contribution in [1.82, 2.24) is 24.5 Å². The standard InChI is InChI=1S/C10H16N6O2S/c1-16-7-13-15-10(16)2-3-14-19(17,18)9-4-8(5-11)12-6-9/h4,6-7,12,14H,2-3,5,11H2,1H3. The molecule has 0 saturated carbocycles. The van der Waals surface area contributed by atoms with E-state index < -0.39 is 10.0 Å². The molecule has 0 saturated heterocycles. The van der Waals surface area contributed by atoms with Crippen molar-refractivity contribution in [3.63, 3.8) is 0 Å². The van der Waals surface area contributed by atoms with Crippen LogP contribution in [0.25, 0.3) is 0 Å². The summed E-state index contributed by atoms with van der Waals surface area (Å²) in [6.07, 6.45) is 3.47. The lowest BCUT2D eigenvalue weighted by Gasteiger charge is -2.04. The molecule has 2 aromatic rings. The monoisotopic (exact) mass is 284 g/mol. The van der Waals surface area contributed by atoms with Gasteiger partial charge in [0.1, 0.15) is 12.2 Å². The largest absolute Gasteiger partial charge is 0.363 e. The predicted molar refractivity (Wildman–Crippen MR) is 68.6 cm³/mol. The first kappa shape index (κ1) is 13.7. The second kappa shape index (κ2) is 5.51. The first-order valence-electron chi connectivity index (χ1n) is 5.73. The zero-order chi connectivity index (χ0) is 13.9. The Hall–Kier alpha value is -1.71. The van der Waals surface area contributed by atoms with Crippen LogP contribution in [0.5, 0.6) is 0 Å². The van der Waals surface area contributed by atoms with Crippen molar-refractivity contribution >= 4 is 10.0 Å². The highest BCUT2D eigenvalue weighted by Gasteiger charge is 2.15. The van der Waals surface area contributed by atoms with Gasteiger partial charge in [0, 0.05) is 38.4 Å². The van der Waals surface area contributed by atoms with E-state index in [1.54, 1.807) is 10.9 Å². The van der Waals surface area contributed by atoms with Crippen molar-refractivity contribution in [2.45, 2.75) is 17.9 Å². The number of aryl methyl sites for hydroxylation is 1. The quantitative estimate of drug-likeness (QED) is 0.636. The molecule has 0 atom stereocenters. The number of hydrogen-bond acceptors (Lipinski definition) is 5. The van der Waals surface area contributed by atoms with Crippen LogP contribution in [0.2, 0.25) is 0 Å². The van der Waals surface area contributed by atoms with E-state index in [1.807, 2.05) is 7.05 Å². The van der Waals surface area contributed by atoms with E-state index in [4.69, 9.17) is 5.73 Å². The smallest absolute Gasteiger partial charge is 0.242 e. The number of nitrogens with two attached hydrogens (primary N) is 1. The number of aromatic nitrogens is 4. The van der Waals surface area contributed by atoms with E-state index in [0.29, 0.717) is 12.1 Å². The average molecular weight is 284 g/mol. The summed E-state index contributed by atoms with van der Waals surface area (Å²) in [6, 6.07) is 1.52. The molecule has 0 aliphatic carbocycles. The summed E-state index contributed by atoms with van der Waals surface area (Å²) in [5.41, 5.74) is 6.10. The van der Waals surface area contributed by atoms with E-state index in [2.05, 4.69) is 19.9 Å². The van der Waals surface area contributed by atoms with Crippen molar-refractivity contribution < 1.29 is 8.42 Å². The molecule has 2 aromatic heterocycles. The molecule has 8 nitrogen and oxygen atoms in total. The van der Waals surface area contributed by atoms with Crippen molar-refractivity contribution in [2.24, 2.45) is 12.8 Å². The van der Waals surface area contributed by atoms with Gasteiger partial charge >= 0.3 is 0 Å². The van der Waals surface area contributed by atoms with Gasteiger partial charge in [-0.2, -0.15) is 0 Å². The summed E-state index contributed by atoms with van der Waals surface area (Å²) in [4.78, 5) is 2.99. The second-order valence-corrected chi connectivity index (χ2v) is 5.84. The van der Waals surface area contributed by atoms with Gasteiger partial charge in [0.15, 0.2) is 0 Å². The first-order valence-corrected chi connectivity index (χ1v) is 7.21. The molecule has 19 heavy (non-hydrogen) atoms. The molecule has 0 bridgehead atoms. The van der Waals surface area contributed by atoms with Gasteiger partial charge in [-0.25, -0.2) is 13.1 Å². The van der Waals surface area contributed by atoms with Crippen molar-refractivity contribution in [3.05, 3.63) is 30.1 Å². The lowest BCUT2D eigenvalue weighted by atomic mass is 10.4. The number of H-pyrrole nitrogens is 1. The van der Waals surface area contributed by atoms with Gasteiger partial charge in [-0.15, -0.1) is 10.2 Å². The first-order chi connectivity index (χ1) is 9.03. The molecule has 0 aromatic carbocycles. The summed E-state index contributed by atoms with van der Waals surface area (Å²) in [5.74, 6) is 0.722. The topological polar surface area (TPSA) is 119 Å². The minimum atomic E-state index is -3.51. The molecule has 9 heteroatoms. The lowest BCUT2D eigenvalue weighted by Crippen LogP contribution is -2.26. The third-order valence-corrected chi connectivity index (χ3v) is 4.13. The zero-order valence-corrected chi connectivity index (χ0v) is 11.3. The summed E-state index contributed by atoms with van der Waals surface area (Å²) < 4.78 is 28.2. The van der Waals surface area contributed by atoms with Crippen molar-refractivity contribution in [3.8, 4) is 0 Å². The minimum Gasteiger partial charge on any atom is -0.363 e. The lowest BCUT2D eigenvalue weighted by molar-refractivity contribution is 0.580. The molecule has 2 heterocycles. The van der Waals surface area contributed by atoms with Crippen molar-refractivity contribution in [1.29, 1.82) is 0 Å². The maximum atomic E-state index is 12.0. The fourth-order valence-electron chi connectivity index (χ4n) is 1.61. The number of nitrogens with one attached hydrogen (secondary N) is 2. The molecule has 0 radical (unpaired) electrons. The molecular weight excluding hydrogens is 268 g/mol. The number of hydrogen-bond donors (Lipinski definition) is 3. The SMILES string of the molecule is Cn1cnnc1CCNS(=O)(=O)c1c[nH]c(CN)c1. The molecule has 104 valence electrons. The maximum Gasteiger partial charge on any atom is 0.242 e. The molecule has 4 N–H and O–H groups in total. The van der Waals surface area contributed by atoms with E-state index in [-0.39, 0.29) is 18.0 Å². The van der Waals surface area contributed by atoms with Crippen LogP contribution in [0, 0.1) is 0 Å². The Morgan fingerprint density at radius 2 is 2.32 bits per heavy atom. The zero-order valence-electron chi connectivity index (χ0n) is 10.5. The highest BCUT2D eigenvalue weighted by atomic mass is 32.2. The molecule has 2 rings (SSSR count). The summed E-state index contributed by atoms with van der Waals surface area (Å²) in [6.45, 7) is 0.534. The highest BCUT2D eigenvalue weighted by Crippen LogP contribution is 2.09. The van der Waals surface area contributed by atoms with Crippen LogP contribution in [0.4, 0.5) is 0 Å². The molecular formula is C10H16N6O2S. The Bertz CT molecular complexity index is 645.